The van der Waals surface area contributed by atoms with Gasteiger partial charge in [-0.1, -0.05) is 20.1 Å². The molecule has 0 spiro atoms. The maximum atomic E-state index is 11.0. The summed E-state index contributed by atoms with van der Waals surface area (Å²) >= 11 is 0. The van der Waals surface area contributed by atoms with Gasteiger partial charge >= 0.3 is 17.9 Å². The molecule has 0 amide bonds. The molecule has 0 atom stereocenters. The largest absolute Gasteiger partial charge is 0.790 e. The van der Waals surface area contributed by atoms with Crippen LogP contribution in [0.15, 0.2) is 25.3 Å². The van der Waals surface area contributed by atoms with Crippen molar-refractivity contribution >= 4 is 19.8 Å². The summed E-state index contributed by atoms with van der Waals surface area (Å²) in [6, 6.07) is 0. The molecule has 0 heterocycles. The Morgan fingerprint density at radius 1 is 1.22 bits per heavy atom. The molecule has 0 aliphatic carbocycles. The zero-order valence-electron chi connectivity index (χ0n) is 9.49. The third-order valence-corrected chi connectivity index (χ3v) is 2.03. The van der Waals surface area contributed by atoms with Crippen molar-refractivity contribution in [2.45, 2.75) is 19.3 Å². The number of phosphoric acid groups is 1. The molecule has 0 aromatic rings. The molecular weight excluding hydrogens is 267 g/mol. The van der Waals surface area contributed by atoms with E-state index in [1.807, 2.05) is 0 Å². The van der Waals surface area contributed by atoms with Crippen molar-refractivity contribution < 1.29 is 37.9 Å². The zero-order chi connectivity index (χ0) is 14.4. The van der Waals surface area contributed by atoms with Crippen LogP contribution in [0.5, 0.6) is 0 Å². The summed E-state index contributed by atoms with van der Waals surface area (Å²) in [6.45, 7) is 7.38. The topological polar surface area (TPSA) is 125 Å². The molecule has 0 fully saturated rings. The van der Waals surface area contributed by atoms with Gasteiger partial charge in [-0.2, -0.15) is 0 Å². The highest BCUT2D eigenvalue weighted by Crippen LogP contribution is 2.36. The fourth-order valence-corrected chi connectivity index (χ4v) is 1.37. The van der Waals surface area contributed by atoms with E-state index in [0.717, 1.165) is 0 Å². The quantitative estimate of drug-likeness (QED) is 0.260. The van der Waals surface area contributed by atoms with E-state index >= 15 is 0 Å². The van der Waals surface area contributed by atoms with Crippen LogP contribution < -0.4 is 9.79 Å². The first-order valence-electron chi connectivity index (χ1n) is 4.61. The third kappa shape index (κ3) is 5.74. The van der Waals surface area contributed by atoms with Gasteiger partial charge in [-0.3, -0.25) is 4.52 Å². The summed E-state index contributed by atoms with van der Waals surface area (Å²) in [4.78, 5) is 43.1. The summed E-state index contributed by atoms with van der Waals surface area (Å²) in [5, 5.41) is 0. The van der Waals surface area contributed by atoms with E-state index < -0.39 is 32.2 Å². The van der Waals surface area contributed by atoms with Crippen molar-refractivity contribution in [3.8, 4) is 0 Å². The van der Waals surface area contributed by atoms with E-state index in [1.54, 1.807) is 0 Å². The van der Waals surface area contributed by atoms with Gasteiger partial charge in [0.2, 0.25) is 0 Å². The molecule has 8 nitrogen and oxygen atoms in total. The lowest BCUT2D eigenvalue weighted by Crippen LogP contribution is -2.43. The van der Waals surface area contributed by atoms with Gasteiger partial charge in [0.25, 0.3) is 0 Å². The Bertz CT molecular complexity index is 373. The van der Waals surface area contributed by atoms with Crippen molar-refractivity contribution in [3.05, 3.63) is 25.3 Å². The van der Waals surface area contributed by atoms with Crippen molar-refractivity contribution in [1.82, 2.24) is 0 Å². The molecule has 0 N–H and O–H groups in total. The van der Waals surface area contributed by atoms with Crippen LogP contribution in [-0.4, -0.2) is 17.9 Å². The summed E-state index contributed by atoms with van der Waals surface area (Å²) in [5.41, 5.74) is 0. The molecule has 0 rings (SSSR count). The number of hydrogen-bond acceptors (Lipinski definition) is 8. The third-order valence-electron chi connectivity index (χ3n) is 1.53. The number of hydrogen-bond donors (Lipinski definition) is 0. The first-order chi connectivity index (χ1) is 8.18. The summed E-state index contributed by atoms with van der Waals surface area (Å²) in [6.07, 6.45) is 0.923. The molecule has 0 aliphatic heterocycles. The van der Waals surface area contributed by atoms with Gasteiger partial charge in [-0.05, 0) is 0 Å². The predicted octanol–water partition coefficient (Wildman–Crippen LogP) is -0.646. The van der Waals surface area contributed by atoms with Gasteiger partial charge in [0.15, 0.2) is 0 Å². The molecule has 0 aromatic heterocycles. The summed E-state index contributed by atoms with van der Waals surface area (Å²) in [7, 11) is -5.56. The molecule has 0 aromatic carbocycles. The van der Waals surface area contributed by atoms with E-state index in [0.29, 0.717) is 12.2 Å². The second-order valence-corrected chi connectivity index (χ2v) is 3.90. The molecule has 0 bridgehead atoms. The van der Waals surface area contributed by atoms with Crippen LogP contribution in [-0.2, 0) is 28.2 Å². The van der Waals surface area contributed by atoms with Crippen LogP contribution in [0.3, 0.4) is 0 Å². The lowest BCUT2D eigenvalue weighted by atomic mass is 10.4. The first-order valence-corrected chi connectivity index (χ1v) is 6.07. The molecule has 9 heteroatoms. The van der Waals surface area contributed by atoms with Crippen LogP contribution in [0.25, 0.3) is 0 Å². The van der Waals surface area contributed by atoms with E-state index in [4.69, 9.17) is 0 Å². The lowest BCUT2D eigenvalue weighted by molar-refractivity contribution is -0.390. The van der Waals surface area contributed by atoms with E-state index in [2.05, 4.69) is 27.2 Å². The van der Waals surface area contributed by atoms with Crippen LogP contribution >= 0.6 is 7.82 Å². The molecule has 0 radical (unpaired) electrons. The average molecular weight is 278 g/mol. The predicted molar refractivity (Wildman–Crippen MR) is 54.3 cm³/mol. The minimum atomic E-state index is -5.56. The Kier molecular flexibility index (Phi) is 5.93. The first kappa shape index (κ1) is 16.5. The summed E-state index contributed by atoms with van der Waals surface area (Å²) < 4.78 is 23.4. The van der Waals surface area contributed by atoms with Crippen LogP contribution in [0.2, 0.25) is 0 Å². The smallest absolute Gasteiger partial charge is 0.379 e. The van der Waals surface area contributed by atoms with Crippen molar-refractivity contribution in [2.24, 2.45) is 0 Å². The Labute approximate surface area is 103 Å². The van der Waals surface area contributed by atoms with Gasteiger partial charge < -0.3 is 23.8 Å². The number of phosphoric ester groups is 1. The molecule has 18 heavy (non-hydrogen) atoms. The van der Waals surface area contributed by atoms with Gasteiger partial charge in [0.05, 0.1) is 14.2 Å². The Hall–Kier alpha value is -1.47. The van der Waals surface area contributed by atoms with Gasteiger partial charge in [-0.15, -0.1) is 0 Å². The highest BCUT2D eigenvalue weighted by atomic mass is 31.2. The van der Waals surface area contributed by atoms with Crippen LogP contribution in [0.1, 0.15) is 13.3 Å². The van der Waals surface area contributed by atoms with Crippen molar-refractivity contribution in [2.75, 3.05) is 0 Å². The minimum absolute atomic E-state index is 0.430. The normalized spacial score (nSPS) is 11.5. The highest BCUT2D eigenvalue weighted by Gasteiger charge is 2.39. The van der Waals surface area contributed by atoms with E-state index in [9.17, 15) is 23.9 Å². The number of rotatable bonds is 7. The van der Waals surface area contributed by atoms with Crippen LogP contribution in [0, 0.1) is 0 Å². The van der Waals surface area contributed by atoms with Gasteiger partial charge in [0.1, 0.15) is 0 Å². The van der Waals surface area contributed by atoms with Crippen molar-refractivity contribution in [3.63, 3.8) is 0 Å². The number of ether oxygens (including phenoxy) is 2. The van der Waals surface area contributed by atoms with Gasteiger partial charge in [-0.25, -0.2) is 9.59 Å². The SMILES string of the molecule is C=CC(=O)OC(CC)(OC(=O)C=C)OP(=O)([O-])[O-]. The monoisotopic (exact) mass is 278 g/mol. The zero-order valence-corrected chi connectivity index (χ0v) is 10.4. The molecular formula is C9H11O8P-2. The standard InChI is InChI=1S/C9H13O8P/c1-4-7(10)15-9(6-3,16-8(11)5-2)17-18(12,13)14/h4-5H,1-2,6H2,3H3,(H2,12,13,14)/p-2. The second kappa shape index (κ2) is 6.46. The minimum Gasteiger partial charge on any atom is -0.790 e. The maximum Gasteiger partial charge on any atom is 0.379 e. The highest BCUT2D eigenvalue weighted by molar-refractivity contribution is 7.43. The lowest BCUT2D eigenvalue weighted by Gasteiger charge is -2.38. The Morgan fingerprint density at radius 3 is 1.83 bits per heavy atom. The Balaban J connectivity index is 5.23. The molecule has 0 saturated carbocycles. The van der Waals surface area contributed by atoms with Gasteiger partial charge in [0, 0.05) is 12.2 Å². The summed E-state index contributed by atoms with van der Waals surface area (Å²) in [5.74, 6) is -4.93. The fourth-order valence-electron chi connectivity index (χ4n) is 0.827. The second-order valence-electron chi connectivity index (χ2n) is 2.83. The van der Waals surface area contributed by atoms with Crippen molar-refractivity contribution in [1.29, 1.82) is 0 Å². The molecule has 0 aliphatic rings. The van der Waals surface area contributed by atoms with Crippen LogP contribution in [0.4, 0.5) is 0 Å². The number of carbonyl (C=O) groups excluding carboxylic acids is 2. The Morgan fingerprint density at radius 2 is 1.61 bits per heavy atom. The number of carbonyl (C=O) groups is 2. The number of esters is 2. The van der Waals surface area contributed by atoms with E-state index in [-0.39, 0.29) is 0 Å². The van der Waals surface area contributed by atoms with E-state index in [1.165, 1.54) is 6.92 Å². The average Bonchev–Trinajstić information content (AvgIpc) is 2.26. The molecule has 0 unspecified atom stereocenters. The maximum absolute atomic E-state index is 11.0. The molecule has 102 valence electrons. The fraction of sp³-hybridized carbons (Fsp3) is 0.333. The molecule has 0 saturated heterocycles.